The summed E-state index contributed by atoms with van der Waals surface area (Å²) in [6, 6.07) is 0. The standard InChI is InChI=1S/C16H26O/c1-11-5-4-8-14-13-7-3-2-6-12(13)10-16(17)15(14)9-11/h12-17H,1-10H2/t12?,13-,14?,15-,16+/m1/s1. The molecule has 96 valence electrons. The van der Waals surface area contributed by atoms with E-state index in [0.29, 0.717) is 5.92 Å². The van der Waals surface area contributed by atoms with Gasteiger partial charge in [-0.2, -0.15) is 0 Å². The number of hydrogen-bond donors (Lipinski definition) is 1. The Bertz CT molecular complexity index is 296. The quantitative estimate of drug-likeness (QED) is 0.630. The van der Waals surface area contributed by atoms with E-state index in [9.17, 15) is 5.11 Å². The maximum absolute atomic E-state index is 10.4. The molecule has 0 aromatic heterocycles. The Kier molecular flexibility index (Phi) is 3.30. The minimum Gasteiger partial charge on any atom is -0.393 e. The summed E-state index contributed by atoms with van der Waals surface area (Å²) in [7, 11) is 0. The molecular weight excluding hydrogens is 208 g/mol. The van der Waals surface area contributed by atoms with Gasteiger partial charge in [0.15, 0.2) is 0 Å². The molecule has 1 heteroatoms. The molecule has 3 aliphatic carbocycles. The number of fused-ring (bicyclic) bond motifs is 3. The molecule has 0 aliphatic heterocycles. The fraction of sp³-hybridized carbons (Fsp3) is 0.875. The van der Waals surface area contributed by atoms with Gasteiger partial charge in [-0.25, -0.2) is 0 Å². The van der Waals surface area contributed by atoms with Crippen molar-refractivity contribution in [2.45, 2.75) is 63.9 Å². The fourth-order valence-electron chi connectivity index (χ4n) is 4.92. The summed E-state index contributed by atoms with van der Waals surface area (Å²) in [5, 5.41) is 10.4. The Hall–Kier alpha value is -0.300. The zero-order valence-corrected chi connectivity index (χ0v) is 10.9. The van der Waals surface area contributed by atoms with Gasteiger partial charge >= 0.3 is 0 Å². The summed E-state index contributed by atoms with van der Waals surface area (Å²) in [6.45, 7) is 4.19. The van der Waals surface area contributed by atoms with Crippen LogP contribution in [-0.2, 0) is 0 Å². The lowest BCUT2D eigenvalue weighted by Crippen LogP contribution is -2.43. The lowest BCUT2D eigenvalue weighted by molar-refractivity contribution is -0.0468. The maximum Gasteiger partial charge on any atom is 0.0577 e. The van der Waals surface area contributed by atoms with Gasteiger partial charge in [-0.05, 0) is 62.2 Å². The van der Waals surface area contributed by atoms with Crippen molar-refractivity contribution in [3.05, 3.63) is 12.2 Å². The van der Waals surface area contributed by atoms with Gasteiger partial charge in [0.05, 0.1) is 6.10 Å². The van der Waals surface area contributed by atoms with Crippen molar-refractivity contribution in [2.75, 3.05) is 0 Å². The van der Waals surface area contributed by atoms with E-state index >= 15 is 0 Å². The fourth-order valence-corrected chi connectivity index (χ4v) is 4.92. The van der Waals surface area contributed by atoms with Gasteiger partial charge in [-0.1, -0.05) is 31.4 Å². The minimum atomic E-state index is -0.0331. The van der Waals surface area contributed by atoms with Crippen molar-refractivity contribution in [1.82, 2.24) is 0 Å². The molecule has 3 fully saturated rings. The molecule has 3 aliphatic rings. The van der Waals surface area contributed by atoms with Crippen LogP contribution >= 0.6 is 0 Å². The number of aliphatic hydroxyl groups excluding tert-OH is 1. The normalized spacial score (nSPS) is 46.9. The number of rotatable bonds is 0. The van der Waals surface area contributed by atoms with Gasteiger partial charge in [0.2, 0.25) is 0 Å². The molecule has 1 N–H and O–H groups in total. The van der Waals surface area contributed by atoms with Crippen LogP contribution < -0.4 is 0 Å². The van der Waals surface area contributed by atoms with E-state index in [1.54, 1.807) is 0 Å². The Morgan fingerprint density at radius 1 is 0.941 bits per heavy atom. The third-order valence-corrected chi connectivity index (χ3v) is 5.70. The molecule has 2 unspecified atom stereocenters. The van der Waals surface area contributed by atoms with Gasteiger partial charge in [0.25, 0.3) is 0 Å². The zero-order chi connectivity index (χ0) is 11.8. The van der Waals surface area contributed by atoms with Crippen molar-refractivity contribution < 1.29 is 5.11 Å². The molecule has 3 rings (SSSR count). The molecule has 0 aromatic rings. The molecule has 0 spiro atoms. The molecule has 3 saturated carbocycles. The van der Waals surface area contributed by atoms with Crippen molar-refractivity contribution in [2.24, 2.45) is 23.7 Å². The molecule has 0 heterocycles. The van der Waals surface area contributed by atoms with Gasteiger partial charge < -0.3 is 5.11 Å². The Morgan fingerprint density at radius 2 is 1.71 bits per heavy atom. The molecule has 17 heavy (non-hydrogen) atoms. The summed E-state index contributed by atoms with van der Waals surface area (Å²) in [5.74, 6) is 3.13. The van der Waals surface area contributed by atoms with Gasteiger partial charge in [-0.3, -0.25) is 0 Å². The highest BCUT2D eigenvalue weighted by Gasteiger charge is 2.44. The van der Waals surface area contributed by atoms with E-state index in [2.05, 4.69) is 6.58 Å². The summed E-state index contributed by atoms with van der Waals surface area (Å²) < 4.78 is 0. The van der Waals surface area contributed by atoms with Crippen LogP contribution in [0.5, 0.6) is 0 Å². The van der Waals surface area contributed by atoms with E-state index in [4.69, 9.17) is 0 Å². The highest BCUT2D eigenvalue weighted by molar-refractivity contribution is 5.04. The first-order valence-corrected chi connectivity index (χ1v) is 7.60. The Labute approximate surface area is 105 Å². The first kappa shape index (κ1) is 11.8. The second-order valence-electron chi connectivity index (χ2n) is 6.69. The monoisotopic (exact) mass is 234 g/mol. The smallest absolute Gasteiger partial charge is 0.0577 e. The van der Waals surface area contributed by atoms with Crippen LogP contribution in [0, 0.1) is 23.7 Å². The van der Waals surface area contributed by atoms with Crippen LogP contribution in [0.15, 0.2) is 12.2 Å². The number of allylic oxidation sites excluding steroid dienone is 1. The maximum atomic E-state index is 10.4. The molecule has 0 amide bonds. The van der Waals surface area contributed by atoms with Crippen molar-refractivity contribution >= 4 is 0 Å². The third-order valence-electron chi connectivity index (χ3n) is 5.70. The molecule has 0 bridgehead atoms. The number of aliphatic hydroxyl groups is 1. The third kappa shape index (κ3) is 2.19. The van der Waals surface area contributed by atoms with Crippen LogP contribution in [0.2, 0.25) is 0 Å². The summed E-state index contributed by atoms with van der Waals surface area (Å²) >= 11 is 0. The van der Waals surface area contributed by atoms with Crippen LogP contribution in [0.4, 0.5) is 0 Å². The van der Waals surface area contributed by atoms with Crippen molar-refractivity contribution in [3.8, 4) is 0 Å². The predicted molar refractivity (Wildman–Crippen MR) is 70.7 cm³/mol. The first-order chi connectivity index (χ1) is 8.25. The van der Waals surface area contributed by atoms with Crippen molar-refractivity contribution in [3.63, 3.8) is 0 Å². The van der Waals surface area contributed by atoms with Gasteiger partial charge in [0, 0.05) is 0 Å². The largest absolute Gasteiger partial charge is 0.393 e. The Morgan fingerprint density at radius 3 is 2.59 bits per heavy atom. The van der Waals surface area contributed by atoms with Crippen LogP contribution in [0.3, 0.4) is 0 Å². The Balaban J connectivity index is 1.82. The molecule has 0 radical (unpaired) electrons. The molecule has 5 atom stereocenters. The lowest BCUT2D eigenvalue weighted by atomic mass is 9.59. The molecule has 0 saturated heterocycles. The van der Waals surface area contributed by atoms with E-state index in [-0.39, 0.29) is 6.10 Å². The SMILES string of the molecule is C=C1CCCC2[C@@H]3CCCCC3C[C@H](O)[C@@H]2C1. The van der Waals surface area contributed by atoms with Crippen LogP contribution in [0.1, 0.15) is 57.8 Å². The molecule has 1 nitrogen and oxygen atoms in total. The van der Waals surface area contributed by atoms with E-state index in [0.717, 1.165) is 30.6 Å². The minimum absolute atomic E-state index is 0.0331. The first-order valence-electron chi connectivity index (χ1n) is 7.60. The van der Waals surface area contributed by atoms with Crippen molar-refractivity contribution in [1.29, 1.82) is 0 Å². The highest BCUT2D eigenvalue weighted by atomic mass is 16.3. The molecule has 0 aromatic carbocycles. The second-order valence-corrected chi connectivity index (χ2v) is 6.69. The average Bonchev–Trinajstić information content (AvgIpc) is 2.51. The predicted octanol–water partition coefficient (Wildman–Crippen LogP) is 3.92. The van der Waals surface area contributed by atoms with Crippen LogP contribution in [-0.4, -0.2) is 11.2 Å². The summed E-state index contributed by atoms with van der Waals surface area (Å²) in [5.41, 5.74) is 1.39. The van der Waals surface area contributed by atoms with E-state index < -0.39 is 0 Å². The van der Waals surface area contributed by atoms with Crippen LogP contribution in [0.25, 0.3) is 0 Å². The topological polar surface area (TPSA) is 20.2 Å². The lowest BCUT2D eigenvalue weighted by Gasteiger charge is -2.47. The van der Waals surface area contributed by atoms with E-state index in [1.807, 2.05) is 0 Å². The zero-order valence-electron chi connectivity index (χ0n) is 10.9. The number of hydrogen-bond acceptors (Lipinski definition) is 1. The van der Waals surface area contributed by atoms with E-state index in [1.165, 1.54) is 50.5 Å². The van der Waals surface area contributed by atoms with Gasteiger partial charge in [-0.15, -0.1) is 0 Å². The summed E-state index contributed by atoms with van der Waals surface area (Å²) in [6.07, 6.45) is 11.7. The average molecular weight is 234 g/mol. The summed E-state index contributed by atoms with van der Waals surface area (Å²) in [4.78, 5) is 0. The second kappa shape index (κ2) is 4.76. The van der Waals surface area contributed by atoms with Gasteiger partial charge in [0.1, 0.15) is 0 Å². The molecular formula is C16H26O. The highest BCUT2D eigenvalue weighted by Crippen LogP contribution is 2.51.